The van der Waals surface area contributed by atoms with Crippen LogP contribution in [0.2, 0.25) is 5.02 Å². The second-order valence-corrected chi connectivity index (χ2v) is 6.86. The van der Waals surface area contributed by atoms with E-state index in [0.717, 1.165) is 6.07 Å². The number of nitrogens with zero attached hydrogens (tertiary/aromatic N) is 2. The molecule has 2 aromatic rings. The fourth-order valence-electron chi connectivity index (χ4n) is 1.88. The van der Waals surface area contributed by atoms with Crippen LogP contribution in [0.3, 0.4) is 0 Å². The van der Waals surface area contributed by atoms with Gasteiger partial charge in [-0.1, -0.05) is 16.8 Å². The smallest absolute Gasteiger partial charge is 0.279 e. The Labute approximate surface area is 141 Å². The Kier molecular flexibility index (Phi) is 5.86. The summed E-state index contributed by atoms with van der Waals surface area (Å²) < 4.78 is 47.5. The van der Waals surface area contributed by atoms with E-state index in [-0.39, 0.29) is 40.7 Å². The average molecular weight is 378 g/mol. The molecule has 1 amide bonds. The van der Waals surface area contributed by atoms with Crippen LogP contribution in [0.1, 0.15) is 29.0 Å². The van der Waals surface area contributed by atoms with Crippen molar-refractivity contribution in [3.05, 3.63) is 40.4 Å². The van der Waals surface area contributed by atoms with Crippen LogP contribution in [-0.2, 0) is 16.5 Å². The van der Waals surface area contributed by atoms with Gasteiger partial charge in [0.25, 0.3) is 16.0 Å². The van der Waals surface area contributed by atoms with E-state index in [4.69, 9.17) is 16.2 Å². The number of carbonyl (C=O) groups is 1. The molecule has 0 spiro atoms. The SMILES string of the molecule is O=C(Nc1ccc(F)c(Cl)c1)c1nonc1CCCCS(=O)(=O)O. The van der Waals surface area contributed by atoms with Gasteiger partial charge in [-0.3, -0.25) is 9.35 Å². The molecule has 1 heterocycles. The van der Waals surface area contributed by atoms with E-state index in [9.17, 15) is 17.6 Å². The third kappa shape index (κ3) is 5.25. The molecule has 0 fully saturated rings. The van der Waals surface area contributed by atoms with E-state index < -0.39 is 21.8 Å². The maximum atomic E-state index is 13.1. The molecule has 0 aliphatic rings. The number of unbranched alkanes of at least 4 members (excludes halogenated alkanes) is 1. The largest absolute Gasteiger partial charge is 0.320 e. The highest BCUT2D eigenvalue weighted by molar-refractivity contribution is 7.85. The van der Waals surface area contributed by atoms with E-state index in [1.165, 1.54) is 12.1 Å². The molecule has 0 saturated heterocycles. The Bertz CT molecular complexity index is 840. The predicted octanol–water partition coefficient (Wildman–Crippen LogP) is 2.32. The number of hydrogen-bond donors (Lipinski definition) is 2. The molecular formula is C13H13ClFN3O5S. The second-order valence-electron chi connectivity index (χ2n) is 4.89. The van der Waals surface area contributed by atoms with Gasteiger partial charge in [0.05, 0.1) is 10.8 Å². The molecule has 24 heavy (non-hydrogen) atoms. The Morgan fingerprint density at radius 3 is 2.75 bits per heavy atom. The lowest BCUT2D eigenvalue weighted by Crippen LogP contribution is -2.15. The molecule has 0 aliphatic heterocycles. The Morgan fingerprint density at radius 1 is 1.33 bits per heavy atom. The summed E-state index contributed by atoms with van der Waals surface area (Å²) in [6.07, 6.45) is 0.795. The van der Waals surface area contributed by atoms with Crippen LogP contribution in [0.4, 0.5) is 10.1 Å². The molecule has 11 heteroatoms. The summed E-state index contributed by atoms with van der Waals surface area (Å²) in [5.41, 5.74) is 0.449. The third-order valence-corrected chi connectivity index (χ3v) is 4.11. The summed E-state index contributed by atoms with van der Waals surface area (Å²) in [7, 11) is -4.02. The van der Waals surface area contributed by atoms with Crippen LogP contribution < -0.4 is 5.32 Å². The van der Waals surface area contributed by atoms with Crippen molar-refractivity contribution in [1.29, 1.82) is 0 Å². The first-order chi connectivity index (χ1) is 11.3. The number of rotatable bonds is 7. The molecule has 2 rings (SSSR count). The summed E-state index contributed by atoms with van der Waals surface area (Å²) in [4.78, 5) is 12.1. The molecule has 0 unspecified atom stereocenters. The highest BCUT2D eigenvalue weighted by Gasteiger charge is 2.18. The van der Waals surface area contributed by atoms with Crippen molar-refractivity contribution >= 4 is 33.3 Å². The number of nitrogens with one attached hydrogen (secondary N) is 1. The molecule has 0 aliphatic carbocycles. The number of aryl methyl sites for hydroxylation is 1. The van der Waals surface area contributed by atoms with Crippen LogP contribution >= 0.6 is 11.6 Å². The predicted molar refractivity (Wildman–Crippen MR) is 83.0 cm³/mol. The van der Waals surface area contributed by atoms with Crippen LogP contribution in [-0.4, -0.2) is 34.9 Å². The van der Waals surface area contributed by atoms with Crippen molar-refractivity contribution in [1.82, 2.24) is 10.3 Å². The van der Waals surface area contributed by atoms with Gasteiger partial charge in [-0.25, -0.2) is 9.02 Å². The number of anilines is 1. The summed E-state index contributed by atoms with van der Waals surface area (Å²) in [5.74, 6) is -1.62. The van der Waals surface area contributed by atoms with Crippen molar-refractivity contribution in [3.63, 3.8) is 0 Å². The van der Waals surface area contributed by atoms with Crippen molar-refractivity contribution in [2.45, 2.75) is 19.3 Å². The molecular weight excluding hydrogens is 365 g/mol. The second kappa shape index (κ2) is 7.69. The standard InChI is InChI=1S/C13H13ClFN3O5S/c14-9-7-8(4-5-10(9)15)16-13(19)12-11(17-23-18-12)3-1-2-6-24(20,21)22/h4-5,7H,1-3,6H2,(H,16,19)(H,20,21,22). The first kappa shape index (κ1) is 18.3. The zero-order chi connectivity index (χ0) is 17.7. The van der Waals surface area contributed by atoms with Crippen molar-refractivity contribution < 1.29 is 26.8 Å². The molecule has 130 valence electrons. The Balaban J connectivity index is 1.98. The summed E-state index contributed by atoms with van der Waals surface area (Å²) in [6, 6.07) is 3.68. The normalized spacial score (nSPS) is 11.5. The maximum absolute atomic E-state index is 13.1. The van der Waals surface area contributed by atoms with Gasteiger partial charge in [-0.15, -0.1) is 0 Å². The topological polar surface area (TPSA) is 122 Å². The lowest BCUT2D eigenvalue weighted by atomic mass is 10.1. The van der Waals surface area contributed by atoms with Crippen molar-refractivity contribution in [3.8, 4) is 0 Å². The van der Waals surface area contributed by atoms with Crippen molar-refractivity contribution in [2.75, 3.05) is 11.1 Å². The fraction of sp³-hybridized carbons (Fsp3) is 0.308. The van der Waals surface area contributed by atoms with Gasteiger partial charge in [0.15, 0.2) is 5.69 Å². The van der Waals surface area contributed by atoms with Crippen LogP contribution in [0, 0.1) is 5.82 Å². The molecule has 1 aromatic heterocycles. The van der Waals surface area contributed by atoms with E-state index in [1.807, 2.05) is 0 Å². The van der Waals surface area contributed by atoms with Gasteiger partial charge >= 0.3 is 0 Å². The number of halogens is 2. The number of carbonyl (C=O) groups excluding carboxylic acids is 1. The van der Waals surface area contributed by atoms with Crippen LogP contribution in [0.25, 0.3) is 0 Å². The van der Waals surface area contributed by atoms with E-state index in [0.29, 0.717) is 6.42 Å². The van der Waals surface area contributed by atoms with E-state index in [1.54, 1.807) is 0 Å². The zero-order valence-corrected chi connectivity index (χ0v) is 13.8. The number of amides is 1. The fourth-order valence-corrected chi connectivity index (χ4v) is 2.63. The maximum Gasteiger partial charge on any atom is 0.279 e. The minimum absolute atomic E-state index is 0.0673. The Morgan fingerprint density at radius 2 is 2.08 bits per heavy atom. The van der Waals surface area contributed by atoms with Crippen LogP contribution in [0.5, 0.6) is 0 Å². The highest BCUT2D eigenvalue weighted by Crippen LogP contribution is 2.20. The van der Waals surface area contributed by atoms with Gasteiger partial charge in [0.2, 0.25) is 0 Å². The summed E-state index contributed by atoms with van der Waals surface area (Å²) >= 11 is 5.63. The quantitative estimate of drug-likeness (QED) is 0.560. The highest BCUT2D eigenvalue weighted by atomic mass is 35.5. The molecule has 0 atom stereocenters. The summed E-state index contributed by atoms with van der Waals surface area (Å²) in [6.45, 7) is 0. The van der Waals surface area contributed by atoms with E-state index >= 15 is 0 Å². The summed E-state index contributed by atoms with van der Waals surface area (Å²) in [5, 5.41) is 9.44. The van der Waals surface area contributed by atoms with Gasteiger partial charge in [-0.2, -0.15) is 8.42 Å². The molecule has 0 bridgehead atoms. The minimum atomic E-state index is -4.02. The van der Waals surface area contributed by atoms with Crippen LogP contribution in [0.15, 0.2) is 22.8 Å². The third-order valence-electron chi connectivity index (χ3n) is 3.01. The molecule has 0 saturated carbocycles. The molecule has 1 aromatic carbocycles. The van der Waals surface area contributed by atoms with E-state index in [2.05, 4.69) is 20.3 Å². The molecule has 0 radical (unpaired) electrons. The number of hydrogen-bond acceptors (Lipinski definition) is 6. The number of aromatic nitrogens is 2. The lowest BCUT2D eigenvalue weighted by molar-refractivity contribution is 0.101. The lowest BCUT2D eigenvalue weighted by Gasteiger charge is -2.04. The van der Waals surface area contributed by atoms with Gasteiger partial charge in [-0.05, 0) is 42.6 Å². The van der Waals surface area contributed by atoms with Crippen molar-refractivity contribution in [2.24, 2.45) is 0 Å². The Hall–Kier alpha value is -2.04. The zero-order valence-electron chi connectivity index (χ0n) is 12.2. The van der Waals surface area contributed by atoms with Gasteiger partial charge < -0.3 is 5.32 Å². The first-order valence-electron chi connectivity index (χ1n) is 6.79. The monoisotopic (exact) mass is 377 g/mol. The first-order valence-corrected chi connectivity index (χ1v) is 8.78. The molecule has 8 nitrogen and oxygen atoms in total. The number of benzene rings is 1. The molecule has 2 N–H and O–H groups in total. The van der Waals surface area contributed by atoms with Gasteiger partial charge in [0.1, 0.15) is 11.5 Å². The minimum Gasteiger partial charge on any atom is -0.320 e. The van der Waals surface area contributed by atoms with Gasteiger partial charge in [0, 0.05) is 5.69 Å². The average Bonchev–Trinajstić information content (AvgIpc) is 2.95.